The number of hydrogen-bond acceptors (Lipinski definition) is 3. The third-order valence-corrected chi connectivity index (χ3v) is 3.47. The minimum absolute atomic E-state index is 0.0294. The van der Waals surface area contributed by atoms with Gasteiger partial charge in [0.15, 0.2) is 0 Å². The summed E-state index contributed by atoms with van der Waals surface area (Å²) in [7, 11) is 1.78. The van der Waals surface area contributed by atoms with E-state index in [0.29, 0.717) is 12.2 Å². The van der Waals surface area contributed by atoms with E-state index in [9.17, 15) is 9.59 Å². The predicted molar refractivity (Wildman–Crippen MR) is 68.8 cm³/mol. The van der Waals surface area contributed by atoms with E-state index in [1.165, 1.54) is 4.90 Å². The summed E-state index contributed by atoms with van der Waals surface area (Å²) in [5, 5.41) is 16.0. The van der Waals surface area contributed by atoms with Gasteiger partial charge in [-0.15, -0.1) is 0 Å². The molecule has 2 N–H and O–H groups in total. The number of urea groups is 1. The Morgan fingerprint density at radius 2 is 2.16 bits per heavy atom. The molecule has 0 bridgehead atoms. The van der Waals surface area contributed by atoms with Gasteiger partial charge in [0.1, 0.15) is 0 Å². The molecule has 7 nitrogen and oxygen atoms in total. The average Bonchev–Trinajstić information content (AvgIpc) is 2.83. The average molecular weight is 266 g/mol. The molecule has 1 fully saturated rings. The molecule has 7 heteroatoms. The Hall–Kier alpha value is -2.05. The van der Waals surface area contributed by atoms with Crippen LogP contribution >= 0.6 is 0 Å². The van der Waals surface area contributed by atoms with Gasteiger partial charge in [0, 0.05) is 26.3 Å². The van der Waals surface area contributed by atoms with E-state index >= 15 is 0 Å². The number of anilines is 1. The van der Waals surface area contributed by atoms with E-state index in [2.05, 4.69) is 10.4 Å². The fraction of sp³-hybridized carbons (Fsp3) is 0.583. The minimum atomic E-state index is -0.847. The third kappa shape index (κ3) is 2.69. The molecule has 0 radical (unpaired) electrons. The van der Waals surface area contributed by atoms with Gasteiger partial charge in [0.25, 0.3) is 0 Å². The van der Waals surface area contributed by atoms with E-state index in [-0.39, 0.29) is 18.5 Å². The molecule has 104 valence electrons. The lowest BCUT2D eigenvalue weighted by Crippen LogP contribution is -2.33. The molecular formula is C12H18N4O3. The quantitative estimate of drug-likeness (QED) is 0.833. The number of hydrogen-bond donors (Lipinski definition) is 2. The second-order valence-electron chi connectivity index (χ2n) is 5.06. The Kier molecular flexibility index (Phi) is 3.46. The van der Waals surface area contributed by atoms with Crippen molar-refractivity contribution in [3.63, 3.8) is 0 Å². The van der Waals surface area contributed by atoms with Crippen LogP contribution in [0.1, 0.15) is 12.6 Å². The van der Waals surface area contributed by atoms with Crippen LogP contribution in [-0.2, 0) is 11.8 Å². The molecule has 1 aromatic heterocycles. The Bertz CT molecular complexity index is 511. The Balaban J connectivity index is 2.02. The number of carbonyl (C=O) groups is 2. The van der Waals surface area contributed by atoms with E-state index in [1.54, 1.807) is 17.9 Å². The summed E-state index contributed by atoms with van der Waals surface area (Å²) >= 11 is 0. The van der Waals surface area contributed by atoms with E-state index in [4.69, 9.17) is 5.11 Å². The fourth-order valence-electron chi connectivity index (χ4n) is 2.37. The zero-order chi connectivity index (χ0) is 14.2. The zero-order valence-corrected chi connectivity index (χ0v) is 11.3. The van der Waals surface area contributed by atoms with Crippen molar-refractivity contribution in [3.8, 4) is 0 Å². The molecule has 0 aliphatic carbocycles. The summed E-state index contributed by atoms with van der Waals surface area (Å²) in [6, 6.07) is -0.272. The van der Waals surface area contributed by atoms with Gasteiger partial charge in [-0.1, -0.05) is 6.92 Å². The smallest absolute Gasteiger partial charge is 0.321 e. The summed E-state index contributed by atoms with van der Waals surface area (Å²) in [6.45, 7) is 4.37. The van der Waals surface area contributed by atoms with Gasteiger partial charge in [0.2, 0.25) is 0 Å². The zero-order valence-electron chi connectivity index (χ0n) is 11.3. The van der Waals surface area contributed by atoms with Crippen LogP contribution in [0.4, 0.5) is 10.5 Å². The van der Waals surface area contributed by atoms with Gasteiger partial charge in [-0.25, -0.2) is 4.79 Å². The van der Waals surface area contributed by atoms with Crippen LogP contribution in [0, 0.1) is 18.8 Å². The first kappa shape index (κ1) is 13.4. The highest BCUT2D eigenvalue weighted by molar-refractivity contribution is 5.90. The van der Waals surface area contributed by atoms with Crippen LogP contribution in [0.15, 0.2) is 6.20 Å². The predicted octanol–water partition coefficient (Wildman–Crippen LogP) is 0.913. The molecule has 0 unspecified atom stereocenters. The third-order valence-electron chi connectivity index (χ3n) is 3.47. The van der Waals surface area contributed by atoms with Gasteiger partial charge in [-0.2, -0.15) is 5.10 Å². The monoisotopic (exact) mass is 266 g/mol. The second-order valence-corrected chi connectivity index (χ2v) is 5.06. The highest BCUT2D eigenvalue weighted by Crippen LogP contribution is 2.24. The summed E-state index contributed by atoms with van der Waals surface area (Å²) in [6.07, 6.45) is 1.72. The lowest BCUT2D eigenvalue weighted by atomic mass is 9.99. The van der Waals surface area contributed by atoms with Crippen molar-refractivity contribution in [2.75, 3.05) is 18.4 Å². The molecule has 1 aromatic rings. The highest BCUT2D eigenvalue weighted by atomic mass is 16.4. The summed E-state index contributed by atoms with van der Waals surface area (Å²) in [5.74, 6) is -1.36. The first-order valence-electron chi connectivity index (χ1n) is 6.17. The van der Waals surface area contributed by atoms with Crippen molar-refractivity contribution in [2.45, 2.75) is 13.8 Å². The van der Waals surface area contributed by atoms with Crippen molar-refractivity contribution in [1.29, 1.82) is 0 Å². The Morgan fingerprint density at radius 1 is 1.47 bits per heavy atom. The van der Waals surface area contributed by atoms with Gasteiger partial charge >= 0.3 is 12.0 Å². The maximum Gasteiger partial charge on any atom is 0.321 e. The standard InChI is InChI=1S/C12H18N4O3/c1-7-4-16(5-9(7)11(17)18)12(19)13-10-6-15(3)14-8(10)2/h6-7,9H,4-5H2,1-3H3,(H,13,19)(H,17,18)/t7-,9-/m1/s1. The van der Waals surface area contributed by atoms with Crippen molar-refractivity contribution < 1.29 is 14.7 Å². The molecule has 19 heavy (non-hydrogen) atoms. The van der Waals surface area contributed by atoms with Crippen LogP contribution < -0.4 is 5.32 Å². The number of nitrogens with zero attached hydrogens (tertiary/aromatic N) is 3. The maximum atomic E-state index is 12.1. The summed E-state index contributed by atoms with van der Waals surface area (Å²) < 4.78 is 1.62. The number of rotatable bonds is 2. The topological polar surface area (TPSA) is 87.5 Å². The number of aryl methyl sites for hydroxylation is 2. The van der Waals surface area contributed by atoms with Gasteiger partial charge in [-0.3, -0.25) is 9.48 Å². The van der Waals surface area contributed by atoms with Crippen LogP contribution in [0.25, 0.3) is 0 Å². The number of amides is 2. The molecule has 0 aromatic carbocycles. The first-order valence-corrected chi connectivity index (χ1v) is 6.17. The lowest BCUT2D eigenvalue weighted by molar-refractivity contribution is -0.142. The second kappa shape index (κ2) is 4.91. The van der Waals surface area contributed by atoms with Crippen LogP contribution in [-0.4, -0.2) is 44.9 Å². The lowest BCUT2D eigenvalue weighted by Gasteiger charge is -2.16. The largest absolute Gasteiger partial charge is 0.481 e. The molecule has 1 aliphatic rings. The molecule has 2 rings (SSSR count). The van der Waals surface area contributed by atoms with Crippen molar-refractivity contribution in [3.05, 3.63) is 11.9 Å². The van der Waals surface area contributed by atoms with Gasteiger partial charge < -0.3 is 15.3 Å². The minimum Gasteiger partial charge on any atom is -0.481 e. The first-order chi connectivity index (χ1) is 8.88. The molecular weight excluding hydrogens is 248 g/mol. The van der Waals surface area contributed by atoms with Crippen molar-refractivity contribution in [1.82, 2.24) is 14.7 Å². The number of carboxylic acid groups (broad SMARTS) is 1. The SMILES string of the molecule is Cc1nn(C)cc1NC(=O)N1C[C@@H](C)[C@H](C(=O)O)C1. The molecule has 2 amide bonds. The number of aromatic nitrogens is 2. The molecule has 0 spiro atoms. The molecule has 2 atom stereocenters. The number of carboxylic acids is 1. The van der Waals surface area contributed by atoms with E-state index in [1.807, 2.05) is 13.8 Å². The summed E-state index contributed by atoms with van der Waals surface area (Å²) in [4.78, 5) is 24.6. The summed E-state index contributed by atoms with van der Waals surface area (Å²) in [5.41, 5.74) is 1.39. The van der Waals surface area contributed by atoms with Crippen molar-refractivity contribution >= 4 is 17.7 Å². The van der Waals surface area contributed by atoms with Gasteiger partial charge in [-0.05, 0) is 12.8 Å². The molecule has 2 heterocycles. The number of aliphatic carboxylic acids is 1. The number of likely N-dealkylation sites (tertiary alicyclic amines) is 1. The fourth-order valence-corrected chi connectivity index (χ4v) is 2.37. The molecule has 0 saturated carbocycles. The van der Waals surface area contributed by atoms with Crippen LogP contribution in [0.3, 0.4) is 0 Å². The molecule has 1 saturated heterocycles. The Morgan fingerprint density at radius 3 is 2.63 bits per heavy atom. The van der Waals surface area contributed by atoms with E-state index in [0.717, 1.165) is 5.69 Å². The Labute approximate surface area is 111 Å². The number of nitrogens with one attached hydrogen (secondary N) is 1. The highest BCUT2D eigenvalue weighted by Gasteiger charge is 2.37. The van der Waals surface area contributed by atoms with Gasteiger partial charge in [0.05, 0.1) is 17.3 Å². The van der Waals surface area contributed by atoms with E-state index < -0.39 is 11.9 Å². The van der Waals surface area contributed by atoms with Crippen molar-refractivity contribution in [2.24, 2.45) is 18.9 Å². The van der Waals surface area contributed by atoms with Crippen LogP contribution in [0.2, 0.25) is 0 Å². The number of carbonyl (C=O) groups excluding carboxylic acids is 1. The van der Waals surface area contributed by atoms with Crippen LogP contribution in [0.5, 0.6) is 0 Å². The maximum absolute atomic E-state index is 12.1. The molecule has 1 aliphatic heterocycles. The normalized spacial score (nSPS) is 22.6.